The lowest BCUT2D eigenvalue weighted by atomic mass is 10.2. The van der Waals surface area contributed by atoms with Crippen LogP contribution in [0.1, 0.15) is 39.0 Å². The van der Waals surface area contributed by atoms with E-state index in [0.29, 0.717) is 32.7 Å². The molecule has 0 unspecified atom stereocenters. The van der Waals surface area contributed by atoms with Gasteiger partial charge in [0.2, 0.25) is 0 Å². The number of hydrogen-bond acceptors (Lipinski definition) is 3. The van der Waals surface area contributed by atoms with Gasteiger partial charge in [0, 0.05) is 26.2 Å². The maximum atomic E-state index is 12.4. The average molecular weight is 263 g/mol. The molecule has 102 valence electrons. The highest BCUT2D eigenvalue weighted by molar-refractivity contribution is 7.86. The van der Waals surface area contributed by atoms with Crippen molar-refractivity contribution in [1.82, 2.24) is 8.61 Å². The first-order valence-corrected chi connectivity index (χ1v) is 7.98. The van der Waals surface area contributed by atoms with E-state index in [9.17, 15) is 8.42 Å². The van der Waals surface area contributed by atoms with Crippen molar-refractivity contribution in [2.45, 2.75) is 39.0 Å². The monoisotopic (exact) mass is 263 g/mol. The van der Waals surface area contributed by atoms with Crippen LogP contribution >= 0.6 is 0 Å². The molecule has 17 heavy (non-hydrogen) atoms. The maximum absolute atomic E-state index is 12.4. The van der Waals surface area contributed by atoms with Crippen LogP contribution in [-0.4, -0.2) is 49.8 Å². The first-order chi connectivity index (χ1) is 8.12. The van der Waals surface area contributed by atoms with E-state index in [0.717, 1.165) is 32.1 Å². The van der Waals surface area contributed by atoms with Crippen molar-refractivity contribution >= 4 is 10.2 Å². The van der Waals surface area contributed by atoms with E-state index in [2.05, 4.69) is 0 Å². The summed E-state index contributed by atoms with van der Waals surface area (Å²) in [5.41, 5.74) is 5.44. The molecule has 1 saturated heterocycles. The van der Waals surface area contributed by atoms with Crippen molar-refractivity contribution in [3.63, 3.8) is 0 Å². The Kier molecular flexibility index (Phi) is 6.40. The molecule has 0 aromatic carbocycles. The van der Waals surface area contributed by atoms with Crippen LogP contribution in [0.25, 0.3) is 0 Å². The highest BCUT2D eigenvalue weighted by Crippen LogP contribution is 2.16. The largest absolute Gasteiger partial charge is 0.330 e. The smallest absolute Gasteiger partial charge is 0.281 e. The molecule has 0 saturated carbocycles. The van der Waals surface area contributed by atoms with Gasteiger partial charge in [0.25, 0.3) is 10.2 Å². The summed E-state index contributed by atoms with van der Waals surface area (Å²) in [4.78, 5) is 0. The lowest BCUT2D eigenvalue weighted by molar-refractivity contribution is 0.345. The first kappa shape index (κ1) is 14.9. The Hall–Kier alpha value is -0.170. The Morgan fingerprint density at radius 3 is 2.24 bits per heavy atom. The lowest BCUT2D eigenvalue weighted by Gasteiger charge is -2.28. The van der Waals surface area contributed by atoms with Gasteiger partial charge in [-0.15, -0.1) is 0 Å². The van der Waals surface area contributed by atoms with Crippen LogP contribution in [0.3, 0.4) is 0 Å². The summed E-state index contributed by atoms with van der Waals surface area (Å²) in [6.07, 6.45) is 4.96. The Labute approximate surface area is 105 Å². The highest BCUT2D eigenvalue weighted by Gasteiger charge is 2.28. The zero-order chi connectivity index (χ0) is 12.7. The van der Waals surface area contributed by atoms with Gasteiger partial charge >= 0.3 is 0 Å². The molecule has 0 spiro atoms. The fourth-order valence-electron chi connectivity index (χ4n) is 2.14. The number of nitrogens with two attached hydrogens (primary N) is 1. The van der Waals surface area contributed by atoms with Gasteiger partial charge in [0.1, 0.15) is 0 Å². The molecule has 1 heterocycles. The molecule has 1 aliphatic heterocycles. The molecule has 5 nitrogen and oxygen atoms in total. The summed E-state index contributed by atoms with van der Waals surface area (Å²) < 4.78 is 28.0. The predicted molar refractivity (Wildman–Crippen MR) is 69.9 cm³/mol. The topological polar surface area (TPSA) is 66.6 Å². The van der Waals surface area contributed by atoms with Crippen molar-refractivity contribution in [2.75, 3.05) is 32.7 Å². The van der Waals surface area contributed by atoms with Gasteiger partial charge < -0.3 is 5.73 Å². The van der Waals surface area contributed by atoms with Crippen LogP contribution in [0, 0.1) is 0 Å². The van der Waals surface area contributed by atoms with Gasteiger partial charge in [0.15, 0.2) is 0 Å². The van der Waals surface area contributed by atoms with Gasteiger partial charge in [-0.3, -0.25) is 0 Å². The summed E-state index contributed by atoms with van der Waals surface area (Å²) in [7, 11) is -3.26. The average Bonchev–Trinajstić information content (AvgIpc) is 2.58. The van der Waals surface area contributed by atoms with Crippen molar-refractivity contribution < 1.29 is 8.42 Å². The maximum Gasteiger partial charge on any atom is 0.281 e. The van der Waals surface area contributed by atoms with E-state index in [4.69, 9.17) is 5.73 Å². The zero-order valence-electron chi connectivity index (χ0n) is 10.8. The lowest BCUT2D eigenvalue weighted by Crippen LogP contribution is -2.44. The Morgan fingerprint density at radius 1 is 1.18 bits per heavy atom. The van der Waals surface area contributed by atoms with Gasteiger partial charge in [-0.25, -0.2) is 0 Å². The Bertz CT molecular complexity index is 298. The second kappa shape index (κ2) is 7.31. The van der Waals surface area contributed by atoms with Crippen molar-refractivity contribution in [1.29, 1.82) is 0 Å². The van der Waals surface area contributed by atoms with Crippen molar-refractivity contribution in [3.05, 3.63) is 0 Å². The van der Waals surface area contributed by atoms with Crippen molar-refractivity contribution in [2.24, 2.45) is 5.73 Å². The van der Waals surface area contributed by atoms with E-state index in [1.807, 2.05) is 6.92 Å². The molecular weight excluding hydrogens is 238 g/mol. The molecule has 0 radical (unpaired) electrons. The predicted octanol–water partition coefficient (Wildman–Crippen LogP) is 0.778. The molecule has 0 aliphatic carbocycles. The first-order valence-electron chi connectivity index (χ1n) is 6.58. The number of rotatable bonds is 6. The molecule has 0 bridgehead atoms. The van der Waals surface area contributed by atoms with Gasteiger partial charge in [-0.1, -0.05) is 19.8 Å². The zero-order valence-corrected chi connectivity index (χ0v) is 11.6. The van der Waals surface area contributed by atoms with E-state index < -0.39 is 10.2 Å². The number of hydrogen-bond donors (Lipinski definition) is 1. The minimum Gasteiger partial charge on any atom is -0.330 e. The molecule has 1 aliphatic rings. The standard InChI is InChI=1S/C11H25N3O2S/c1-2-13(11-7-8-12)17(15,16)14-9-5-3-4-6-10-14/h2-12H2,1H3. The highest BCUT2D eigenvalue weighted by atomic mass is 32.2. The van der Waals surface area contributed by atoms with Crippen LogP contribution in [0.2, 0.25) is 0 Å². The van der Waals surface area contributed by atoms with E-state index >= 15 is 0 Å². The fourth-order valence-corrected chi connectivity index (χ4v) is 3.87. The van der Waals surface area contributed by atoms with Crippen LogP contribution in [0.5, 0.6) is 0 Å². The Morgan fingerprint density at radius 2 is 1.76 bits per heavy atom. The summed E-state index contributed by atoms with van der Waals surface area (Å²) >= 11 is 0. The molecule has 0 aromatic heterocycles. The minimum atomic E-state index is -3.26. The summed E-state index contributed by atoms with van der Waals surface area (Å²) in [5.74, 6) is 0. The van der Waals surface area contributed by atoms with Crippen LogP contribution in [0.15, 0.2) is 0 Å². The molecule has 1 rings (SSSR count). The quantitative estimate of drug-likeness (QED) is 0.770. The minimum absolute atomic E-state index is 0.527. The third-order valence-electron chi connectivity index (χ3n) is 3.18. The van der Waals surface area contributed by atoms with Crippen LogP contribution in [0.4, 0.5) is 0 Å². The van der Waals surface area contributed by atoms with E-state index in [1.165, 1.54) is 0 Å². The fraction of sp³-hybridized carbons (Fsp3) is 1.00. The molecular formula is C11H25N3O2S. The third-order valence-corrected chi connectivity index (χ3v) is 5.29. The second-order valence-corrected chi connectivity index (χ2v) is 6.38. The molecule has 1 fully saturated rings. The normalized spacial score (nSPS) is 19.5. The SMILES string of the molecule is CCN(CCCN)S(=O)(=O)N1CCCCCC1. The summed E-state index contributed by atoms with van der Waals surface area (Å²) in [6, 6.07) is 0. The van der Waals surface area contributed by atoms with Gasteiger partial charge in [-0.2, -0.15) is 17.0 Å². The van der Waals surface area contributed by atoms with Crippen molar-refractivity contribution in [3.8, 4) is 0 Å². The molecule has 2 N–H and O–H groups in total. The Balaban J connectivity index is 2.68. The summed E-state index contributed by atoms with van der Waals surface area (Å²) in [5, 5.41) is 0. The molecule has 0 amide bonds. The second-order valence-electron chi connectivity index (χ2n) is 4.45. The number of nitrogens with zero attached hydrogens (tertiary/aromatic N) is 2. The van der Waals surface area contributed by atoms with Crippen LogP contribution < -0.4 is 5.73 Å². The molecule has 0 atom stereocenters. The molecule has 6 heteroatoms. The van der Waals surface area contributed by atoms with E-state index in [1.54, 1.807) is 8.61 Å². The third kappa shape index (κ3) is 4.21. The molecule has 0 aromatic rings. The van der Waals surface area contributed by atoms with E-state index in [-0.39, 0.29) is 0 Å². The van der Waals surface area contributed by atoms with Gasteiger partial charge in [-0.05, 0) is 25.8 Å². The van der Waals surface area contributed by atoms with Crippen LogP contribution in [-0.2, 0) is 10.2 Å². The van der Waals surface area contributed by atoms with Gasteiger partial charge in [0.05, 0.1) is 0 Å². The summed E-state index contributed by atoms with van der Waals surface area (Å²) in [6.45, 7) is 4.81.